The van der Waals surface area contributed by atoms with Crippen LogP contribution < -0.4 is 15.4 Å². The van der Waals surface area contributed by atoms with E-state index in [0.29, 0.717) is 17.2 Å². The highest BCUT2D eigenvalue weighted by molar-refractivity contribution is 5.94. The standard InChI is InChI=1S/C22H33N3O3.ClH/c1-15-13-23-12-11-20(15)24-22(27)18-7-9-19(10-8-18)28-14-21(26)25-16(2)5-4-6-17(25)3;/h7-10,15-17,20,23H,4-6,11-14H2,1-3H3,(H,24,27);1H. The molecule has 7 heteroatoms. The van der Waals surface area contributed by atoms with Crippen molar-refractivity contribution < 1.29 is 14.3 Å². The minimum atomic E-state index is -0.0580. The fourth-order valence-corrected chi connectivity index (χ4v) is 4.32. The Labute approximate surface area is 180 Å². The van der Waals surface area contributed by atoms with Gasteiger partial charge in [0.25, 0.3) is 11.8 Å². The summed E-state index contributed by atoms with van der Waals surface area (Å²) in [7, 11) is 0. The number of amides is 2. The summed E-state index contributed by atoms with van der Waals surface area (Å²) >= 11 is 0. The maximum Gasteiger partial charge on any atom is 0.260 e. The van der Waals surface area contributed by atoms with Gasteiger partial charge in [-0.15, -0.1) is 12.4 Å². The number of nitrogens with zero attached hydrogens (tertiary/aromatic N) is 1. The molecule has 2 saturated heterocycles. The van der Waals surface area contributed by atoms with Crippen LogP contribution in [-0.4, -0.2) is 54.5 Å². The van der Waals surface area contributed by atoms with Crippen LogP contribution >= 0.6 is 12.4 Å². The van der Waals surface area contributed by atoms with Crippen molar-refractivity contribution in [1.82, 2.24) is 15.5 Å². The third-order valence-electron chi connectivity index (χ3n) is 6.06. The molecule has 2 heterocycles. The van der Waals surface area contributed by atoms with E-state index in [1.165, 1.54) is 6.42 Å². The van der Waals surface area contributed by atoms with Gasteiger partial charge in [-0.3, -0.25) is 9.59 Å². The molecule has 1 aromatic carbocycles. The molecule has 2 aliphatic rings. The fraction of sp³-hybridized carbons (Fsp3) is 0.636. The van der Waals surface area contributed by atoms with Gasteiger partial charge in [0.05, 0.1) is 0 Å². The lowest BCUT2D eigenvalue weighted by Crippen LogP contribution is -2.49. The molecule has 0 spiro atoms. The first-order valence-electron chi connectivity index (χ1n) is 10.5. The number of rotatable bonds is 5. The molecule has 1 aromatic rings. The molecule has 0 aliphatic carbocycles. The van der Waals surface area contributed by atoms with Crippen LogP contribution in [-0.2, 0) is 4.79 Å². The van der Waals surface area contributed by atoms with E-state index in [1.54, 1.807) is 24.3 Å². The second-order valence-electron chi connectivity index (χ2n) is 8.29. The predicted molar refractivity (Wildman–Crippen MR) is 117 cm³/mol. The molecule has 0 saturated carbocycles. The van der Waals surface area contributed by atoms with Crippen molar-refractivity contribution in [2.75, 3.05) is 19.7 Å². The zero-order valence-corrected chi connectivity index (χ0v) is 18.5. The number of benzene rings is 1. The van der Waals surface area contributed by atoms with Crippen LogP contribution in [0.2, 0.25) is 0 Å². The number of hydrogen-bond acceptors (Lipinski definition) is 4. The average Bonchev–Trinajstić information content (AvgIpc) is 2.68. The molecule has 29 heavy (non-hydrogen) atoms. The molecule has 0 aromatic heterocycles. The van der Waals surface area contributed by atoms with E-state index in [-0.39, 0.29) is 49.0 Å². The van der Waals surface area contributed by atoms with Crippen LogP contribution in [0, 0.1) is 5.92 Å². The van der Waals surface area contributed by atoms with E-state index in [9.17, 15) is 9.59 Å². The lowest BCUT2D eigenvalue weighted by molar-refractivity contribution is -0.139. The van der Waals surface area contributed by atoms with Gasteiger partial charge in [0, 0.05) is 23.7 Å². The first-order valence-corrected chi connectivity index (χ1v) is 10.5. The Bertz CT molecular complexity index is 672. The van der Waals surface area contributed by atoms with Gasteiger partial charge in [0.1, 0.15) is 5.75 Å². The van der Waals surface area contributed by atoms with Crippen molar-refractivity contribution in [2.45, 2.75) is 64.6 Å². The number of carbonyl (C=O) groups excluding carboxylic acids is 2. The number of likely N-dealkylation sites (tertiary alicyclic amines) is 1. The highest BCUT2D eigenvalue weighted by atomic mass is 35.5. The normalized spacial score (nSPS) is 26.9. The Kier molecular flexibility index (Phi) is 8.78. The highest BCUT2D eigenvalue weighted by Gasteiger charge is 2.29. The summed E-state index contributed by atoms with van der Waals surface area (Å²) in [6.07, 6.45) is 4.22. The number of piperidine rings is 2. The van der Waals surface area contributed by atoms with Crippen molar-refractivity contribution in [1.29, 1.82) is 0 Å². The summed E-state index contributed by atoms with van der Waals surface area (Å²) in [6, 6.07) is 7.77. The van der Waals surface area contributed by atoms with Gasteiger partial charge < -0.3 is 20.3 Å². The van der Waals surface area contributed by atoms with Crippen LogP contribution in [0.1, 0.15) is 56.8 Å². The summed E-state index contributed by atoms with van der Waals surface area (Å²) in [5, 5.41) is 6.47. The quantitative estimate of drug-likeness (QED) is 0.763. The summed E-state index contributed by atoms with van der Waals surface area (Å²) in [5.74, 6) is 1.00. The van der Waals surface area contributed by atoms with Crippen LogP contribution in [0.4, 0.5) is 0 Å². The summed E-state index contributed by atoms with van der Waals surface area (Å²) < 4.78 is 5.69. The van der Waals surface area contributed by atoms with Crippen molar-refractivity contribution in [3.63, 3.8) is 0 Å². The zero-order valence-electron chi connectivity index (χ0n) is 17.6. The Morgan fingerprint density at radius 1 is 1.10 bits per heavy atom. The second kappa shape index (κ2) is 10.8. The fourth-order valence-electron chi connectivity index (χ4n) is 4.32. The van der Waals surface area contributed by atoms with Crippen molar-refractivity contribution in [3.05, 3.63) is 29.8 Å². The molecule has 0 bridgehead atoms. The smallest absolute Gasteiger partial charge is 0.260 e. The predicted octanol–water partition coefficient (Wildman–Crippen LogP) is 3.00. The molecular weight excluding hydrogens is 390 g/mol. The van der Waals surface area contributed by atoms with Crippen molar-refractivity contribution in [2.24, 2.45) is 5.92 Å². The van der Waals surface area contributed by atoms with E-state index >= 15 is 0 Å². The second-order valence-corrected chi connectivity index (χ2v) is 8.29. The maximum absolute atomic E-state index is 12.6. The van der Waals surface area contributed by atoms with Gasteiger partial charge in [-0.1, -0.05) is 6.92 Å². The monoisotopic (exact) mass is 423 g/mol. The van der Waals surface area contributed by atoms with Gasteiger partial charge in [-0.25, -0.2) is 0 Å². The van der Waals surface area contributed by atoms with Gasteiger partial charge in [0.15, 0.2) is 6.61 Å². The van der Waals surface area contributed by atoms with Crippen LogP contribution in [0.25, 0.3) is 0 Å². The third kappa shape index (κ3) is 6.09. The molecule has 6 nitrogen and oxygen atoms in total. The first-order chi connectivity index (χ1) is 13.5. The number of halogens is 1. The number of ether oxygens (including phenoxy) is 1. The van der Waals surface area contributed by atoms with Crippen molar-refractivity contribution in [3.8, 4) is 5.75 Å². The first kappa shape index (κ1) is 23.5. The summed E-state index contributed by atoms with van der Waals surface area (Å²) in [4.78, 5) is 27.0. The largest absolute Gasteiger partial charge is 0.484 e. The van der Waals surface area contributed by atoms with E-state index in [2.05, 4.69) is 31.4 Å². The van der Waals surface area contributed by atoms with Crippen LogP contribution in [0.5, 0.6) is 5.75 Å². The molecule has 4 unspecified atom stereocenters. The minimum absolute atomic E-state index is 0. The highest BCUT2D eigenvalue weighted by Crippen LogP contribution is 2.23. The average molecular weight is 424 g/mol. The lowest BCUT2D eigenvalue weighted by Gasteiger charge is -2.38. The summed E-state index contributed by atoms with van der Waals surface area (Å²) in [5.41, 5.74) is 0.614. The maximum atomic E-state index is 12.6. The SMILES string of the molecule is CC1CNCCC1NC(=O)c1ccc(OCC(=O)N2C(C)CCCC2C)cc1.Cl. The Hall–Kier alpha value is -1.79. The molecule has 2 aliphatic heterocycles. The minimum Gasteiger partial charge on any atom is -0.484 e. The molecule has 0 radical (unpaired) electrons. The van der Waals surface area contributed by atoms with Gasteiger partial charge in [-0.2, -0.15) is 0 Å². The summed E-state index contributed by atoms with van der Waals surface area (Å²) in [6.45, 7) is 8.25. The Morgan fingerprint density at radius 2 is 1.76 bits per heavy atom. The van der Waals surface area contributed by atoms with Crippen molar-refractivity contribution >= 4 is 24.2 Å². The number of hydrogen-bond donors (Lipinski definition) is 2. The van der Waals surface area contributed by atoms with Crippen LogP contribution in [0.15, 0.2) is 24.3 Å². The van der Waals surface area contributed by atoms with E-state index in [1.807, 2.05) is 4.90 Å². The van der Waals surface area contributed by atoms with Crippen LogP contribution in [0.3, 0.4) is 0 Å². The molecular formula is C22H34ClN3O3. The molecule has 2 amide bonds. The lowest BCUT2D eigenvalue weighted by atomic mass is 9.95. The molecule has 2 N–H and O–H groups in total. The number of nitrogens with one attached hydrogen (secondary N) is 2. The van der Waals surface area contributed by atoms with Gasteiger partial charge in [0.2, 0.25) is 0 Å². The van der Waals surface area contributed by atoms with Gasteiger partial charge >= 0.3 is 0 Å². The topological polar surface area (TPSA) is 70.7 Å². The third-order valence-corrected chi connectivity index (χ3v) is 6.06. The van der Waals surface area contributed by atoms with Gasteiger partial charge in [-0.05, 0) is 82.8 Å². The molecule has 3 rings (SSSR count). The molecule has 162 valence electrons. The van der Waals surface area contributed by atoms with E-state index in [4.69, 9.17) is 4.74 Å². The Morgan fingerprint density at radius 3 is 2.38 bits per heavy atom. The molecule has 2 fully saturated rings. The molecule has 4 atom stereocenters. The van der Waals surface area contributed by atoms with E-state index < -0.39 is 0 Å². The Balaban J connectivity index is 0.00000300. The number of carbonyl (C=O) groups is 2. The van der Waals surface area contributed by atoms with E-state index in [0.717, 1.165) is 32.4 Å². The zero-order chi connectivity index (χ0) is 20.1.